The molecule has 0 atom stereocenters. The lowest BCUT2D eigenvalue weighted by Gasteiger charge is -2.19. The number of nitrogens with one attached hydrogen (secondary N) is 1. The summed E-state index contributed by atoms with van der Waals surface area (Å²) in [7, 11) is 1.98. The van der Waals surface area contributed by atoms with Crippen LogP contribution in [0.1, 0.15) is 20.7 Å². The lowest BCUT2D eigenvalue weighted by Crippen LogP contribution is -2.33. The Bertz CT molecular complexity index is 639. The van der Waals surface area contributed by atoms with Crippen LogP contribution in [-0.4, -0.2) is 32.0 Å². The minimum absolute atomic E-state index is 0.169. The van der Waals surface area contributed by atoms with Crippen molar-refractivity contribution in [1.29, 1.82) is 0 Å². The van der Waals surface area contributed by atoms with Gasteiger partial charge in [0, 0.05) is 37.0 Å². The topological polar surface area (TPSA) is 75.4 Å². The highest BCUT2D eigenvalue weighted by Gasteiger charge is 2.07. The Balaban J connectivity index is 1.84. The van der Waals surface area contributed by atoms with Crippen LogP contribution in [0.25, 0.3) is 0 Å². The highest BCUT2D eigenvalue weighted by Crippen LogP contribution is 2.10. The Morgan fingerprint density at radius 3 is 2.18 bits per heavy atom. The first-order valence-corrected chi connectivity index (χ1v) is 7.02. The average Bonchev–Trinajstić information content (AvgIpc) is 2.55. The number of likely N-dealkylation sites (N-methyl/N-ethyl adjacent to an activating group) is 1. The molecule has 2 rings (SSSR count). The molecule has 2 amide bonds. The second kappa shape index (κ2) is 7.26. The molecule has 0 aliphatic rings. The lowest BCUT2D eigenvalue weighted by atomic mass is 10.1. The summed E-state index contributed by atoms with van der Waals surface area (Å²) in [6, 6.07) is 16.2. The van der Waals surface area contributed by atoms with Crippen molar-refractivity contribution in [1.82, 2.24) is 5.32 Å². The molecule has 5 heteroatoms. The predicted molar refractivity (Wildman–Crippen MR) is 87.0 cm³/mol. The first-order valence-electron chi connectivity index (χ1n) is 7.02. The van der Waals surface area contributed by atoms with E-state index in [0.29, 0.717) is 24.2 Å². The molecule has 0 spiro atoms. The molecule has 0 saturated carbocycles. The third-order valence-electron chi connectivity index (χ3n) is 3.36. The van der Waals surface area contributed by atoms with Crippen molar-refractivity contribution in [2.24, 2.45) is 5.73 Å². The van der Waals surface area contributed by atoms with Crippen molar-refractivity contribution in [3.05, 3.63) is 65.7 Å². The van der Waals surface area contributed by atoms with Gasteiger partial charge in [0.05, 0.1) is 0 Å². The lowest BCUT2D eigenvalue weighted by molar-refractivity contribution is 0.0952. The van der Waals surface area contributed by atoms with Crippen LogP contribution in [0, 0.1) is 0 Å². The van der Waals surface area contributed by atoms with Gasteiger partial charge in [-0.25, -0.2) is 0 Å². The van der Waals surface area contributed by atoms with Gasteiger partial charge in [0.25, 0.3) is 5.91 Å². The average molecular weight is 297 g/mol. The van der Waals surface area contributed by atoms with Gasteiger partial charge in [-0.05, 0) is 36.4 Å². The molecule has 0 unspecified atom stereocenters. The summed E-state index contributed by atoms with van der Waals surface area (Å²) >= 11 is 0. The van der Waals surface area contributed by atoms with E-state index in [1.54, 1.807) is 24.3 Å². The number of hydrogen-bond donors (Lipinski definition) is 2. The largest absolute Gasteiger partial charge is 0.373 e. The number of carbonyl (C=O) groups excluding carboxylic acids is 2. The van der Waals surface area contributed by atoms with E-state index in [2.05, 4.69) is 10.2 Å². The van der Waals surface area contributed by atoms with Crippen LogP contribution in [0.2, 0.25) is 0 Å². The van der Waals surface area contributed by atoms with Gasteiger partial charge < -0.3 is 16.0 Å². The van der Waals surface area contributed by atoms with E-state index in [0.717, 1.165) is 5.69 Å². The van der Waals surface area contributed by atoms with Crippen LogP contribution in [0.5, 0.6) is 0 Å². The van der Waals surface area contributed by atoms with Crippen molar-refractivity contribution in [2.75, 3.05) is 25.0 Å². The van der Waals surface area contributed by atoms with Crippen molar-refractivity contribution >= 4 is 17.5 Å². The fraction of sp³-hybridized carbons (Fsp3) is 0.176. The molecule has 2 aromatic rings. The molecule has 0 radical (unpaired) electrons. The van der Waals surface area contributed by atoms with Gasteiger partial charge >= 0.3 is 0 Å². The van der Waals surface area contributed by atoms with Gasteiger partial charge in [-0.2, -0.15) is 0 Å². The molecule has 5 nitrogen and oxygen atoms in total. The minimum atomic E-state index is -0.503. The number of para-hydroxylation sites is 1. The van der Waals surface area contributed by atoms with Crippen LogP contribution >= 0.6 is 0 Å². The molecule has 3 N–H and O–H groups in total. The molecule has 0 bridgehead atoms. The number of rotatable bonds is 6. The maximum atomic E-state index is 12.0. The fourth-order valence-corrected chi connectivity index (χ4v) is 2.04. The number of carbonyl (C=O) groups is 2. The van der Waals surface area contributed by atoms with Crippen molar-refractivity contribution in [3.8, 4) is 0 Å². The summed E-state index contributed by atoms with van der Waals surface area (Å²) in [6.45, 7) is 1.23. The second-order valence-corrected chi connectivity index (χ2v) is 4.95. The van der Waals surface area contributed by atoms with E-state index in [1.165, 1.54) is 0 Å². The normalized spacial score (nSPS) is 10.0. The van der Waals surface area contributed by atoms with Crippen LogP contribution < -0.4 is 16.0 Å². The van der Waals surface area contributed by atoms with E-state index in [4.69, 9.17) is 5.73 Å². The van der Waals surface area contributed by atoms with Gasteiger partial charge in [0.2, 0.25) is 5.91 Å². The van der Waals surface area contributed by atoms with E-state index in [9.17, 15) is 9.59 Å². The number of nitrogens with two attached hydrogens (primary N) is 1. The summed E-state index contributed by atoms with van der Waals surface area (Å²) in [4.78, 5) is 25.0. The number of primary amides is 1. The third-order valence-corrected chi connectivity index (χ3v) is 3.36. The predicted octanol–water partition coefficient (Wildman–Crippen LogP) is 1.65. The maximum Gasteiger partial charge on any atom is 0.251 e. The Kier molecular flexibility index (Phi) is 5.14. The fourth-order valence-electron chi connectivity index (χ4n) is 2.04. The van der Waals surface area contributed by atoms with E-state index in [1.807, 2.05) is 37.4 Å². The summed E-state index contributed by atoms with van der Waals surface area (Å²) in [5, 5.41) is 2.85. The van der Waals surface area contributed by atoms with Gasteiger partial charge in [-0.3, -0.25) is 9.59 Å². The quantitative estimate of drug-likeness (QED) is 0.851. The van der Waals surface area contributed by atoms with Crippen molar-refractivity contribution in [2.45, 2.75) is 0 Å². The number of anilines is 1. The van der Waals surface area contributed by atoms with Crippen LogP contribution in [0.4, 0.5) is 5.69 Å². The zero-order valence-electron chi connectivity index (χ0n) is 12.5. The van der Waals surface area contributed by atoms with Gasteiger partial charge in [-0.1, -0.05) is 18.2 Å². The first-order chi connectivity index (χ1) is 10.6. The monoisotopic (exact) mass is 297 g/mol. The van der Waals surface area contributed by atoms with Crippen LogP contribution in [0.15, 0.2) is 54.6 Å². The van der Waals surface area contributed by atoms with Gasteiger partial charge in [0.15, 0.2) is 0 Å². The molecule has 0 aromatic heterocycles. The molecule has 0 saturated heterocycles. The number of hydrogen-bond acceptors (Lipinski definition) is 3. The Hall–Kier alpha value is -2.82. The first kappa shape index (κ1) is 15.6. The second-order valence-electron chi connectivity index (χ2n) is 4.95. The summed E-state index contributed by atoms with van der Waals surface area (Å²) in [6.07, 6.45) is 0. The highest BCUT2D eigenvalue weighted by atomic mass is 16.2. The Morgan fingerprint density at radius 1 is 1.00 bits per heavy atom. The van der Waals surface area contributed by atoms with Gasteiger partial charge in [-0.15, -0.1) is 0 Å². The summed E-state index contributed by atoms with van der Waals surface area (Å²) in [5.74, 6) is -0.672. The molecule has 114 valence electrons. The SMILES string of the molecule is CN(CCNC(=O)c1ccc(C(N)=O)cc1)c1ccccc1. The minimum Gasteiger partial charge on any atom is -0.373 e. The van der Waals surface area contributed by atoms with Crippen molar-refractivity contribution < 1.29 is 9.59 Å². The highest BCUT2D eigenvalue weighted by molar-refractivity contribution is 5.97. The summed E-state index contributed by atoms with van der Waals surface area (Å²) in [5.41, 5.74) is 7.16. The zero-order chi connectivity index (χ0) is 15.9. The van der Waals surface area contributed by atoms with E-state index >= 15 is 0 Å². The van der Waals surface area contributed by atoms with Crippen LogP contribution in [0.3, 0.4) is 0 Å². The van der Waals surface area contributed by atoms with Crippen molar-refractivity contribution in [3.63, 3.8) is 0 Å². The third kappa shape index (κ3) is 4.09. The molecule has 0 fully saturated rings. The molecule has 22 heavy (non-hydrogen) atoms. The van der Waals surface area contributed by atoms with E-state index in [-0.39, 0.29) is 5.91 Å². The molecular weight excluding hydrogens is 278 g/mol. The molecular formula is C17H19N3O2. The smallest absolute Gasteiger partial charge is 0.251 e. The molecule has 0 heterocycles. The summed E-state index contributed by atoms with van der Waals surface area (Å²) < 4.78 is 0. The standard InChI is InChI=1S/C17H19N3O2/c1-20(15-5-3-2-4-6-15)12-11-19-17(22)14-9-7-13(8-10-14)16(18)21/h2-10H,11-12H2,1H3,(H2,18,21)(H,19,22). The van der Waals surface area contributed by atoms with Crippen LogP contribution in [-0.2, 0) is 0 Å². The number of amides is 2. The van der Waals surface area contributed by atoms with Gasteiger partial charge in [0.1, 0.15) is 0 Å². The molecule has 0 aliphatic carbocycles. The number of benzene rings is 2. The van der Waals surface area contributed by atoms with E-state index < -0.39 is 5.91 Å². The Labute approximate surface area is 129 Å². The maximum absolute atomic E-state index is 12.0. The molecule has 2 aromatic carbocycles. The number of nitrogens with zero attached hydrogens (tertiary/aromatic N) is 1. The molecule has 0 aliphatic heterocycles. The Morgan fingerprint density at radius 2 is 1.59 bits per heavy atom. The zero-order valence-corrected chi connectivity index (χ0v) is 12.5.